The number of amides is 1. The Bertz CT molecular complexity index is 621. The van der Waals surface area contributed by atoms with Crippen LogP contribution < -0.4 is 15.0 Å². The molecule has 2 rings (SSSR count). The Morgan fingerprint density at radius 2 is 1.86 bits per heavy atom. The van der Waals surface area contributed by atoms with Crippen molar-refractivity contribution < 1.29 is 9.53 Å². The van der Waals surface area contributed by atoms with E-state index in [1.807, 2.05) is 26.2 Å². The van der Waals surface area contributed by atoms with E-state index in [1.165, 1.54) is 11.3 Å². The molecule has 2 aromatic rings. The second-order valence-electron chi connectivity index (χ2n) is 5.30. The van der Waals surface area contributed by atoms with Gasteiger partial charge in [-0.05, 0) is 42.3 Å². The van der Waals surface area contributed by atoms with Crippen LogP contribution in [0.2, 0.25) is 0 Å². The van der Waals surface area contributed by atoms with E-state index in [4.69, 9.17) is 4.74 Å². The molecular weight excluding hydrogens is 276 g/mol. The third-order valence-electron chi connectivity index (χ3n) is 3.48. The Labute approximate surface area is 131 Å². The van der Waals surface area contributed by atoms with Crippen molar-refractivity contribution in [3.8, 4) is 5.75 Å². The fourth-order valence-corrected chi connectivity index (χ4v) is 2.15. The van der Waals surface area contributed by atoms with Crippen LogP contribution in [-0.2, 0) is 6.42 Å². The summed E-state index contributed by atoms with van der Waals surface area (Å²) in [4.78, 5) is 14.1. The second kappa shape index (κ2) is 7.50. The third-order valence-corrected chi connectivity index (χ3v) is 3.48. The number of hydrogen-bond donors (Lipinski definition) is 1. The number of hydrogen-bond acceptors (Lipinski definition) is 3. The monoisotopic (exact) mass is 298 g/mol. The average Bonchev–Trinajstić information content (AvgIpc) is 2.55. The van der Waals surface area contributed by atoms with Crippen molar-refractivity contribution in [2.24, 2.45) is 0 Å². The minimum Gasteiger partial charge on any atom is -0.497 e. The molecule has 0 saturated heterocycles. The van der Waals surface area contributed by atoms with Crippen molar-refractivity contribution in [3.05, 3.63) is 59.7 Å². The molecule has 0 atom stereocenters. The van der Waals surface area contributed by atoms with E-state index in [0.717, 1.165) is 6.42 Å². The average molecular weight is 298 g/mol. The topological polar surface area (TPSA) is 41.6 Å². The number of nitrogens with one attached hydrogen (secondary N) is 1. The van der Waals surface area contributed by atoms with Crippen molar-refractivity contribution in [2.75, 3.05) is 32.6 Å². The predicted octanol–water partition coefficient (Wildman–Crippen LogP) is 2.73. The van der Waals surface area contributed by atoms with Gasteiger partial charge in [-0.2, -0.15) is 0 Å². The van der Waals surface area contributed by atoms with Crippen LogP contribution in [0.4, 0.5) is 5.69 Å². The fraction of sp³-hybridized carbons (Fsp3) is 0.278. The van der Waals surface area contributed by atoms with Gasteiger partial charge in [0.15, 0.2) is 0 Å². The molecule has 0 bridgehead atoms. The molecule has 1 amide bonds. The van der Waals surface area contributed by atoms with Gasteiger partial charge < -0.3 is 15.0 Å². The first-order valence-corrected chi connectivity index (χ1v) is 7.28. The second-order valence-corrected chi connectivity index (χ2v) is 5.30. The standard InChI is InChI=1S/C18H22N2O2/c1-20(2)16-9-7-14(8-10-16)11-12-19-18(21)15-5-4-6-17(13-15)22-3/h4-10,13H,11-12H2,1-3H3,(H,19,21). The molecule has 22 heavy (non-hydrogen) atoms. The van der Waals surface area contributed by atoms with Crippen LogP contribution in [0.1, 0.15) is 15.9 Å². The number of methoxy groups -OCH3 is 1. The van der Waals surface area contributed by atoms with Gasteiger partial charge in [0.05, 0.1) is 7.11 Å². The maximum absolute atomic E-state index is 12.1. The van der Waals surface area contributed by atoms with Crippen molar-refractivity contribution in [3.63, 3.8) is 0 Å². The summed E-state index contributed by atoms with van der Waals surface area (Å²) in [5, 5.41) is 2.93. The minimum absolute atomic E-state index is 0.0798. The van der Waals surface area contributed by atoms with Crippen LogP contribution in [0.5, 0.6) is 5.75 Å². The van der Waals surface area contributed by atoms with E-state index in [1.54, 1.807) is 19.2 Å². The van der Waals surface area contributed by atoms with Crippen molar-refractivity contribution >= 4 is 11.6 Å². The molecule has 1 N–H and O–H groups in total. The highest BCUT2D eigenvalue weighted by Crippen LogP contribution is 2.13. The van der Waals surface area contributed by atoms with E-state index in [0.29, 0.717) is 17.9 Å². The predicted molar refractivity (Wildman–Crippen MR) is 89.8 cm³/mol. The molecule has 0 aliphatic rings. The molecule has 0 radical (unpaired) electrons. The molecule has 0 saturated carbocycles. The lowest BCUT2D eigenvalue weighted by Gasteiger charge is -2.12. The maximum atomic E-state index is 12.1. The lowest BCUT2D eigenvalue weighted by atomic mass is 10.1. The van der Waals surface area contributed by atoms with E-state index in [9.17, 15) is 4.79 Å². The first kappa shape index (κ1) is 15.9. The normalized spacial score (nSPS) is 10.1. The lowest BCUT2D eigenvalue weighted by molar-refractivity contribution is 0.0954. The van der Waals surface area contributed by atoms with Crippen LogP contribution in [-0.4, -0.2) is 33.7 Å². The molecular formula is C18H22N2O2. The summed E-state index contributed by atoms with van der Waals surface area (Å²) < 4.78 is 5.13. The van der Waals surface area contributed by atoms with Gasteiger partial charge in [0, 0.05) is 31.9 Å². The Kier molecular flexibility index (Phi) is 5.42. The number of anilines is 1. The number of nitrogens with zero attached hydrogens (tertiary/aromatic N) is 1. The van der Waals surface area contributed by atoms with Crippen LogP contribution in [0.15, 0.2) is 48.5 Å². The number of benzene rings is 2. The Morgan fingerprint density at radius 1 is 1.14 bits per heavy atom. The number of carbonyl (C=O) groups is 1. The molecule has 116 valence electrons. The lowest BCUT2D eigenvalue weighted by Crippen LogP contribution is -2.25. The van der Waals surface area contributed by atoms with Gasteiger partial charge in [-0.25, -0.2) is 0 Å². The molecule has 4 heteroatoms. The van der Waals surface area contributed by atoms with Gasteiger partial charge in [-0.3, -0.25) is 4.79 Å². The Morgan fingerprint density at radius 3 is 2.50 bits per heavy atom. The summed E-state index contributed by atoms with van der Waals surface area (Å²) in [7, 11) is 5.63. The highest BCUT2D eigenvalue weighted by molar-refractivity contribution is 5.94. The highest BCUT2D eigenvalue weighted by Gasteiger charge is 2.06. The van der Waals surface area contributed by atoms with Gasteiger partial charge in [0.25, 0.3) is 5.91 Å². The maximum Gasteiger partial charge on any atom is 0.251 e. The van der Waals surface area contributed by atoms with E-state index in [2.05, 4.69) is 34.5 Å². The third kappa shape index (κ3) is 4.25. The molecule has 0 aliphatic carbocycles. The first-order chi connectivity index (χ1) is 10.6. The quantitative estimate of drug-likeness (QED) is 0.891. The highest BCUT2D eigenvalue weighted by atomic mass is 16.5. The van der Waals surface area contributed by atoms with Gasteiger partial charge in [-0.1, -0.05) is 18.2 Å². The zero-order valence-electron chi connectivity index (χ0n) is 13.3. The van der Waals surface area contributed by atoms with E-state index in [-0.39, 0.29) is 5.91 Å². The largest absolute Gasteiger partial charge is 0.497 e. The zero-order valence-corrected chi connectivity index (χ0v) is 13.3. The molecule has 0 unspecified atom stereocenters. The minimum atomic E-state index is -0.0798. The molecule has 0 heterocycles. The Balaban J connectivity index is 1.86. The molecule has 0 aromatic heterocycles. The summed E-state index contributed by atoms with van der Waals surface area (Å²) in [5.74, 6) is 0.607. The Hall–Kier alpha value is -2.49. The summed E-state index contributed by atoms with van der Waals surface area (Å²) >= 11 is 0. The number of rotatable bonds is 6. The number of carbonyl (C=O) groups excluding carboxylic acids is 1. The van der Waals surface area contributed by atoms with Crippen LogP contribution in [0, 0.1) is 0 Å². The zero-order chi connectivity index (χ0) is 15.9. The van der Waals surface area contributed by atoms with Crippen LogP contribution >= 0.6 is 0 Å². The van der Waals surface area contributed by atoms with E-state index >= 15 is 0 Å². The van der Waals surface area contributed by atoms with Crippen molar-refractivity contribution in [1.29, 1.82) is 0 Å². The molecule has 4 nitrogen and oxygen atoms in total. The molecule has 0 aliphatic heterocycles. The number of ether oxygens (including phenoxy) is 1. The smallest absolute Gasteiger partial charge is 0.251 e. The molecule has 0 spiro atoms. The van der Waals surface area contributed by atoms with Crippen molar-refractivity contribution in [2.45, 2.75) is 6.42 Å². The summed E-state index contributed by atoms with van der Waals surface area (Å²) in [6, 6.07) is 15.5. The summed E-state index contributed by atoms with van der Waals surface area (Å²) in [5.41, 5.74) is 2.99. The molecule has 2 aromatic carbocycles. The van der Waals surface area contributed by atoms with Crippen LogP contribution in [0.3, 0.4) is 0 Å². The fourth-order valence-electron chi connectivity index (χ4n) is 2.15. The van der Waals surface area contributed by atoms with Crippen LogP contribution in [0.25, 0.3) is 0 Å². The van der Waals surface area contributed by atoms with E-state index < -0.39 is 0 Å². The van der Waals surface area contributed by atoms with Gasteiger partial charge in [-0.15, -0.1) is 0 Å². The first-order valence-electron chi connectivity index (χ1n) is 7.28. The molecule has 0 fully saturated rings. The summed E-state index contributed by atoms with van der Waals surface area (Å²) in [6.07, 6.45) is 0.809. The SMILES string of the molecule is COc1cccc(C(=O)NCCc2ccc(N(C)C)cc2)c1. The van der Waals surface area contributed by atoms with Gasteiger partial charge in [0.1, 0.15) is 5.75 Å². The van der Waals surface area contributed by atoms with Crippen molar-refractivity contribution in [1.82, 2.24) is 5.32 Å². The summed E-state index contributed by atoms with van der Waals surface area (Å²) in [6.45, 7) is 0.608. The van der Waals surface area contributed by atoms with Gasteiger partial charge in [0.2, 0.25) is 0 Å². The van der Waals surface area contributed by atoms with Gasteiger partial charge >= 0.3 is 0 Å².